The van der Waals surface area contributed by atoms with Gasteiger partial charge in [-0.25, -0.2) is 4.68 Å². The van der Waals surface area contributed by atoms with Crippen LogP contribution in [0.15, 0.2) is 59.4 Å². The lowest BCUT2D eigenvalue weighted by molar-refractivity contribution is 0.0696. The molecule has 3 heterocycles. The summed E-state index contributed by atoms with van der Waals surface area (Å²) in [5, 5.41) is 12.5. The summed E-state index contributed by atoms with van der Waals surface area (Å²) in [4.78, 5) is 28.8. The number of carbonyl (C=O) groups is 1. The smallest absolute Gasteiger partial charge is 0.274 e. The topological polar surface area (TPSA) is 84.2 Å². The van der Waals surface area contributed by atoms with Crippen molar-refractivity contribution in [2.45, 2.75) is 19.5 Å². The maximum Gasteiger partial charge on any atom is 0.274 e. The third-order valence-corrected chi connectivity index (χ3v) is 5.10. The average Bonchev–Trinajstić information content (AvgIpc) is 2.70. The molecule has 0 atom stereocenters. The van der Waals surface area contributed by atoms with E-state index in [-0.39, 0.29) is 23.2 Å². The third kappa shape index (κ3) is 4.01. The molecule has 0 bridgehead atoms. The van der Waals surface area contributed by atoms with Gasteiger partial charge in [-0.2, -0.15) is 10.2 Å². The zero-order valence-electron chi connectivity index (χ0n) is 16.4. The molecule has 1 aliphatic rings. The van der Waals surface area contributed by atoms with E-state index in [1.807, 2.05) is 49.4 Å². The van der Waals surface area contributed by atoms with Crippen molar-refractivity contribution in [1.82, 2.24) is 24.9 Å². The Kier molecular flexibility index (Phi) is 5.07. The van der Waals surface area contributed by atoms with Gasteiger partial charge < -0.3 is 9.80 Å². The van der Waals surface area contributed by atoms with Crippen molar-refractivity contribution < 1.29 is 4.79 Å². The van der Waals surface area contributed by atoms with Crippen molar-refractivity contribution in [3.63, 3.8) is 0 Å². The summed E-state index contributed by atoms with van der Waals surface area (Å²) in [7, 11) is 1.76. The van der Waals surface area contributed by atoms with Crippen LogP contribution in [0.2, 0.25) is 0 Å². The fourth-order valence-electron chi connectivity index (χ4n) is 3.23. The number of rotatable bonds is 5. The first kappa shape index (κ1) is 18.8. The van der Waals surface area contributed by atoms with Gasteiger partial charge in [-0.1, -0.05) is 30.3 Å². The quantitative estimate of drug-likeness (QED) is 0.654. The van der Waals surface area contributed by atoms with Crippen LogP contribution in [0.3, 0.4) is 0 Å². The SMILES string of the molecule is Cc1ccc(N2CC(N(C)C(=O)c3ccc(=O)n(Cc4ccccc4)n3)C2)nn1. The molecule has 148 valence electrons. The lowest BCUT2D eigenvalue weighted by atomic mass is 10.1. The van der Waals surface area contributed by atoms with E-state index in [1.165, 1.54) is 16.8 Å². The minimum Gasteiger partial charge on any atom is -0.351 e. The zero-order valence-corrected chi connectivity index (χ0v) is 16.4. The summed E-state index contributed by atoms with van der Waals surface area (Å²) in [6, 6.07) is 16.4. The predicted octanol–water partition coefficient (Wildman–Crippen LogP) is 1.35. The van der Waals surface area contributed by atoms with Gasteiger partial charge in [0, 0.05) is 26.2 Å². The molecular formula is C21H22N6O2. The summed E-state index contributed by atoms with van der Waals surface area (Å²) in [6.45, 7) is 3.59. The highest BCUT2D eigenvalue weighted by molar-refractivity contribution is 5.92. The van der Waals surface area contributed by atoms with E-state index in [4.69, 9.17) is 0 Å². The molecule has 1 aliphatic heterocycles. The standard InChI is InChI=1S/C21H22N6O2/c1-15-8-10-19(23-22-15)26-13-17(14-26)25(2)21(29)18-9-11-20(28)27(24-18)12-16-6-4-3-5-7-16/h3-11,17H,12-14H2,1-2H3. The minimum atomic E-state index is -0.235. The molecule has 0 radical (unpaired) electrons. The Balaban J connectivity index is 1.43. The molecule has 0 N–H and O–H groups in total. The highest BCUT2D eigenvalue weighted by Crippen LogP contribution is 2.21. The molecule has 29 heavy (non-hydrogen) atoms. The maximum atomic E-state index is 12.9. The second-order valence-electron chi connectivity index (χ2n) is 7.21. The van der Waals surface area contributed by atoms with E-state index in [0.717, 1.165) is 17.1 Å². The largest absolute Gasteiger partial charge is 0.351 e. The first-order valence-corrected chi connectivity index (χ1v) is 9.46. The highest BCUT2D eigenvalue weighted by atomic mass is 16.2. The van der Waals surface area contributed by atoms with Gasteiger partial charge in [0.1, 0.15) is 5.69 Å². The second-order valence-corrected chi connectivity index (χ2v) is 7.21. The summed E-state index contributed by atoms with van der Waals surface area (Å²) in [5.74, 6) is 0.605. The van der Waals surface area contributed by atoms with E-state index in [2.05, 4.69) is 20.2 Å². The summed E-state index contributed by atoms with van der Waals surface area (Å²) in [5.41, 5.74) is 1.85. The third-order valence-electron chi connectivity index (χ3n) is 5.10. The molecule has 1 saturated heterocycles. The molecule has 8 heteroatoms. The van der Waals surface area contributed by atoms with Crippen LogP contribution in [0, 0.1) is 6.92 Å². The van der Waals surface area contributed by atoms with Gasteiger partial charge in [0.05, 0.1) is 18.3 Å². The van der Waals surface area contributed by atoms with Crippen molar-refractivity contribution in [3.05, 3.63) is 81.9 Å². The molecule has 0 unspecified atom stereocenters. The molecular weight excluding hydrogens is 368 g/mol. The number of anilines is 1. The van der Waals surface area contributed by atoms with E-state index >= 15 is 0 Å². The van der Waals surface area contributed by atoms with Gasteiger partial charge in [0.15, 0.2) is 5.82 Å². The number of hydrogen-bond donors (Lipinski definition) is 0. The number of likely N-dealkylation sites (N-methyl/N-ethyl adjacent to an activating group) is 1. The van der Waals surface area contributed by atoms with Crippen molar-refractivity contribution in [2.75, 3.05) is 25.0 Å². The van der Waals surface area contributed by atoms with Gasteiger partial charge in [-0.05, 0) is 30.7 Å². The van der Waals surface area contributed by atoms with E-state index < -0.39 is 0 Å². The molecule has 0 spiro atoms. The molecule has 0 saturated carbocycles. The number of nitrogens with zero attached hydrogens (tertiary/aromatic N) is 6. The fraction of sp³-hybridized carbons (Fsp3) is 0.286. The normalized spacial score (nSPS) is 13.8. The number of amides is 1. The molecule has 1 fully saturated rings. The van der Waals surface area contributed by atoms with Crippen LogP contribution < -0.4 is 10.5 Å². The molecule has 0 aliphatic carbocycles. The van der Waals surface area contributed by atoms with Gasteiger partial charge >= 0.3 is 0 Å². The predicted molar refractivity (Wildman–Crippen MR) is 109 cm³/mol. The van der Waals surface area contributed by atoms with Gasteiger partial charge in [-0.3, -0.25) is 9.59 Å². The number of hydrogen-bond acceptors (Lipinski definition) is 6. The van der Waals surface area contributed by atoms with Crippen LogP contribution in [-0.4, -0.2) is 57.0 Å². The van der Waals surface area contributed by atoms with Crippen LogP contribution in [0.1, 0.15) is 21.7 Å². The van der Waals surface area contributed by atoms with Crippen LogP contribution in [0.4, 0.5) is 5.82 Å². The number of aromatic nitrogens is 4. The van der Waals surface area contributed by atoms with Crippen molar-refractivity contribution in [3.8, 4) is 0 Å². The Bertz CT molecular complexity index is 1060. The first-order valence-electron chi connectivity index (χ1n) is 9.46. The van der Waals surface area contributed by atoms with Crippen LogP contribution in [0.5, 0.6) is 0 Å². The summed E-state index contributed by atoms with van der Waals surface area (Å²) < 4.78 is 1.32. The van der Waals surface area contributed by atoms with E-state index in [1.54, 1.807) is 11.9 Å². The molecule has 1 aromatic carbocycles. The van der Waals surface area contributed by atoms with Crippen LogP contribution in [0.25, 0.3) is 0 Å². The maximum absolute atomic E-state index is 12.9. The average molecular weight is 390 g/mol. The zero-order chi connectivity index (χ0) is 20.4. The molecule has 1 amide bonds. The minimum absolute atomic E-state index is 0.0573. The Labute approximate surface area is 168 Å². The molecule has 2 aromatic heterocycles. The Hall–Kier alpha value is -3.55. The van der Waals surface area contributed by atoms with E-state index in [0.29, 0.717) is 19.6 Å². The fourth-order valence-corrected chi connectivity index (χ4v) is 3.23. The van der Waals surface area contributed by atoms with Gasteiger partial charge in [0.25, 0.3) is 11.5 Å². The van der Waals surface area contributed by atoms with Crippen LogP contribution in [-0.2, 0) is 6.54 Å². The number of aryl methyl sites for hydroxylation is 1. The Morgan fingerprint density at radius 2 is 1.83 bits per heavy atom. The monoisotopic (exact) mass is 390 g/mol. The lowest BCUT2D eigenvalue weighted by Crippen LogP contribution is -2.60. The molecule has 3 aromatic rings. The van der Waals surface area contributed by atoms with Crippen molar-refractivity contribution in [1.29, 1.82) is 0 Å². The number of benzene rings is 1. The molecule has 4 rings (SSSR count). The Morgan fingerprint density at radius 1 is 1.07 bits per heavy atom. The van der Waals surface area contributed by atoms with Crippen LogP contribution >= 0.6 is 0 Å². The van der Waals surface area contributed by atoms with Gasteiger partial charge in [0.2, 0.25) is 0 Å². The van der Waals surface area contributed by atoms with Crippen molar-refractivity contribution in [2.24, 2.45) is 0 Å². The first-order chi connectivity index (χ1) is 14.0. The van der Waals surface area contributed by atoms with Gasteiger partial charge in [-0.15, -0.1) is 5.10 Å². The summed E-state index contributed by atoms with van der Waals surface area (Å²) in [6.07, 6.45) is 0. The Morgan fingerprint density at radius 3 is 2.52 bits per heavy atom. The number of carbonyl (C=O) groups excluding carboxylic acids is 1. The lowest BCUT2D eigenvalue weighted by Gasteiger charge is -2.44. The van der Waals surface area contributed by atoms with Crippen molar-refractivity contribution >= 4 is 11.7 Å². The second kappa shape index (κ2) is 7.83. The highest BCUT2D eigenvalue weighted by Gasteiger charge is 2.34. The molecule has 8 nitrogen and oxygen atoms in total. The summed E-state index contributed by atoms with van der Waals surface area (Å²) >= 11 is 0. The van der Waals surface area contributed by atoms with E-state index in [9.17, 15) is 9.59 Å².